The Balaban J connectivity index is 2.49. The highest BCUT2D eigenvalue weighted by Gasteiger charge is 2.19. The Hall–Kier alpha value is -3.03. The van der Waals surface area contributed by atoms with Crippen molar-refractivity contribution in [2.24, 2.45) is 0 Å². The zero-order valence-corrected chi connectivity index (χ0v) is 14.2. The van der Waals surface area contributed by atoms with Gasteiger partial charge in [-0.1, -0.05) is 48.5 Å². The van der Waals surface area contributed by atoms with Gasteiger partial charge in [0.05, 0.1) is 22.2 Å². The van der Waals surface area contributed by atoms with E-state index >= 15 is 0 Å². The number of aromatic carboxylic acids is 1. The summed E-state index contributed by atoms with van der Waals surface area (Å²) in [4.78, 5) is 11.6. The number of allylic oxidation sites excluding steroid dienone is 1. The topological polar surface area (TPSA) is 70.3 Å². The van der Waals surface area contributed by atoms with Gasteiger partial charge < -0.3 is 9.84 Å². The van der Waals surface area contributed by atoms with E-state index in [1.54, 1.807) is 6.08 Å². The number of nitrogens with zero attached hydrogens (tertiary/aromatic N) is 1. The van der Waals surface area contributed by atoms with Crippen LogP contribution in [0.5, 0.6) is 5.75 Å². The van der Waals surface area contributed by atoms with Gasteiger partial charge in [-0.2, -0.15) is 5.26 Å². The van der Waals surface area contributed by atoms with Gasteiger partial charge in [-0.25, -0.2) is 4.79 Å². The molecule has 25 heavy (non-hydrogen) atoms. The molecule has 0 spiro atoms. The van der Waals surface area contributed by atoms with E-state index in [1.807, 2.05) is 30.3 Å². The molecule has 0 unspecified atom stereocenters. The number of hydrogen-bond acceptors (Lipinski definition) is 3. The predicted octanol–water partition coefficient (Wildman–Crippen LogP) is 4.89. The first kappa shape index (κ1) is 18.3. The lowest BCUT2D eigenvalue weighted by atomic mass is 9.97. The fourth-order valence-electron chi connectivity index (χ4n) is 2.30. The molecule has 2 aromatic carbocycles. The Labute approximate surface area is 151 Å². The van der Waals surface area contributed by atoms with Crippen LogP contribution >= 0.6 is 11.6 Å². The maximum absolute atomic E-state index is 11.6. The van der Waals surface area contributed by atoms with Gasteiger partial charge in [-0.3, -0.25) is 0 Å². The molecule has 0 amide bonds. The molecule has 2 aromatic rings. The zero-order valence-electron chi connectivity index (χ0n) is 13.5. The van der Waals surface area contributed by atoms with Crippen LogP contribution in [0.4, 0.5) is 0 Å². The first-order valence-electron chi connectivity index (χ1n) is 7.44. The van der Waals surface area contributed by atoms with Crippen LogP contribution in [0, 0.1) is 11.3 Å². The van der Waals surface area contributed by atoms with Gasteiger partial charge >= 0.3 is 5.97 Å². The first-order valence-corrected chi connectivity index (χ1v) is 7.82. The van der Waals surface area contributed by atoms with Crippen molar-refractivity contribution in [2.75, 3.05) is 6.61 Å². The number of hydrogen-bond donors (Lipinski definition) is 1. The van der Waals surface area contributed by atoms with Crippen LogP contribution in [0.25, 0.3) is 11.1 Å². The second-order valence-electron chi connectivity index (χ2n) is 5.30. The molecule has 5 heteroatoms. The largest absolute Gasteiger partial charge is 0.487 e. The summed E-state index contributed by atoms with van der Waals surface area (Å²) in [5.41, 5.74) is 2.42. The highest BCUT2D eigenvalue weighted by molar-refractivity contribution is 6.35. The van der Waals surface area contributed by atoms with Gasteiger partial charge in [0.25, 0.3) is 0 Å². The van der Waals surface area contributed by atoms with Crippen LogP contribution in [0.15, 0.2) is 61.2 Å². The van der Waals surface area contributed by atoms with Crippen molar-refractivity contribution < 1.29 is 14.6 Å². The van der Waals surface area contributed by atoms with E-state index in [0.717, 1.165) is 12.0 Å². The third-order valence-electron chi connectivity index (χ3n) is 3.52. The molecule has 0 aliphatic heterocycles. The molecule has 4 nitrogen and oxygen atoms in total. The normalized spacial score (nSPS) is 9.92. The van der Waals surface area contributed by atoms with Gasteiger partial charge in [0, 0.05) is 5.56 Å². The average Bonchev–Trinajstić information content (AvgIpc) is 2.61. The van der Waals surface area contributed by atoms with Crippen molar-refractivity contribution in [3.05, 3.63) is 77.4 Å². The molecule has 0 heterocycles. The fraction of sp³-hybridized carbons (Fsp3) is 0.100. The van der Waals surface area contributed by atoms with E-state index in [2.05, 4.69) is 13.2 Å². The van der Waals surface area contributed by atoms with Crippen molar-refractivity contribution >= 4 is 17.6 Å². The highest BCUT2D eigenvalue weighted by atomic mass is 35.5. The maximum Gasteiger partial charge on any atom is 0.336 e. The molecular weight excluding hydrogens is 338 g/mol. The number of nitriles is 1. The van der Waals surface area contributed by atoms with E-state index in [4.69, 9.17) is 21.6 Å². The number of ether oxygens (including phenoxy) is 1. The first-order chi connectivity index (χ1) is 12.0. The lowest BCUT2D eigenvalue weighted by molar-refractivity contribution is 0.0697. The number of rotatable bonds is 7. The van der Waals surface area contributed by atoms with Gasteiger partial charge in [0.1, 0.15) is 12.4 Å². The third-order valence-corrected chi connectivity index (χ3v) is 3.89. The summed E-state index contributed by atoms with van der Waals surface area (Å²) in [6.45, 7) is 7.22. The number of carbonyl (C=O) groups is 1. The Morgan fingerprint density at radius 1 is 1.28 bits per heavy atom. The van der Waals surface area contributed by atoms with Crippen LogP contribution in [-0.2, 0) is 6.42 Å². The number of benzene rings is 2. The highest BCUT2D eigenvalue weighted by Crippen LogP contribution is 2.38. The summed E-state index contributed by atoms with van der Waals surface area (Å²) in [5, 5.41) is 18.4. The SMILES string of the molecule is C=CCc1ccc(-c2c(C(=O)O)ccc(OCC(=C)C#N)c2Cl)cc1. The molecule has 0 aliphatic rings. The molecule has 126 valence electrons. The summed E-state index contributed by atoms with van der Waals surface area (Å²) in [7, 11) is 0. The minimum absolute atomic E-state index is 0.0135. The summed E-state index contributed by atoms with van der Waals surface area (Å²) in [5.74, 6) is -0.784. The molecule has 2 rings (SSSR count). The standard InChI is InChI=1S/C20H16ClNO3/c1-3-4-14-5-7-15(8-6-14)18-16(20(23)24)9-10-17(19(18)21)25-12-13(2)11-22/h3,5-10H,1-2,4,12H2,(H,23,24). The third kappa shape index (κ3) is 4.28. The van der Waals surface area contributed by atoms with Gasteiger partial charge in [-0.05, 0) is 29.7 Å². The van der Waals surface area contributed by atoms with Crippen LogP contribution in [0.2, 0.25) is 5.02 Å². The molecule has 1 N–H and O–H groups in total. The minimum Gasteiger partial charge on any atom is -0.487 e. The molecule has 0 atom stereocenters. The summed E-state index contributed by atoms with van der Waals surface area (Å²) in [6, 6.07) is 12.2. The fourth-order valence-corrected chi connectivity index (χ4v) is 2.63. The minimum atomic E-state index is -1.08. The van der Waals surface area contributed by atoms with Crippen molar-refractivity contribution in [1.82, 2.24) is 0 Å². The van der Waals surface area contributed by atoms with E-state index in [-0.39, 0.29) is 22.8 Å². The molecule has 0 aromatic heterocycles. The van der Waals surface area contributed by atoms with Crippen LogP contribution in [-0.4, -0.2) is 17.7 Å². The lowest BCUT2D eigenvalue weighted by Gasteiger charge is -2.14. The molecule has 0 aliphatic carbocycles. The van der Waals surface area contributed by atoms with E-state index in [1.165, 1.54) is 12.1 Å². The van der Waals surface area contributed by atoms with Crippen molar-refractivity contribution in [1.29, 1.82) is 5.26 Å². The molecule has 0 fully saturated rings. The van der Waals surface area contributed by atoms with Gasteiger partial charge in [-0.15, -0.1) is 6.58 Å². The smallest absolute Gasteiger partial charge is 0.336 e. The van der Waals surface area contributed by atoms with Crippen LogP contribution in [0.1, 0.15) is 15.9 Å². The van der Waals surface area contributed by atoms with E-state index in [9.17, 15) is 9.90 Å². The predicted molar refractivity (Wildman–Crippen MR) is 98.0 cm³/mol. The summed E-state index contributed by atoms with van der Waals surface area (Å²) in [6.07, 6.45) is 2.51. The van der Waals surface area contributed by atoms with Crippen LogP contribution in [0.3, 0.4) is 0 Å². The Morgan fingerprint density at radius 2 is 1.96 bits per heavy atom. The van der Waals surface area contributed by atoms with E-state index < -0.39 is 5.97 Å². The molecule has 0 saturated carbocycles. The Kier molecular flexibility index (Phi) is 5.99. The van der Waals surface area contributed by atoms with Crippen molar-refractivity contribution in [3.63, 3.8) is 0 Å². The molecular formula is C20H16ClNO3. The number of carboxylic acids is 1. The number of carboxylic acid groups (broad SMARTS) is 1. The number of halogens is 1. The average molecular weight is 354 g/mol. The maximum atomic E-state index is 11.6. The summed E-state index contributed by atoms with van der Waals surface area (Å²) < 4.78 is 5.49. The monoisotopic (exact) mass is 353 g/mol. The van der Waals surface area contributed by atoms with Gasteiger partial charge in [0.15, 0.2) is 0 Å². The van der Waals surface area contributed by atoms with E-state index in [0.29, 0.717) is 16.9 Å². The Morgan fingerprint density at radius 3 is 2.52 bits per heavy atom. The van der Waals surface area contributed by atoms with Crippen molar-refractivity contribution in [3.8, 4) is 22.9 Å². The second kappa shape index (κ2) is 8.18. The quantitative estimate of drug-likeness (QED) is 0.568. The zero-order chi connectivity index (χ0) is 18.4. The van der Waals surface area contributed by atoms with Crippen molar-refractivity contribution in [2.45, 2.75) is 6.42 Å². The molecule has 0 radical (unpaired) electrons. The van der Waals surface area contributed by atoms with Crippen LogP contribution < -0.4 is 4.74 Å². The van der Waals surface area contributed by atoms with Gasteiger partial charge in [0.2, 0.25) is 0 Å². The lowest BCUT2D eigenvalue weighted by Crippen LogP contribution is -2.04. The molecule has 0 saturated heterocycles. The molecule has 0 bridgehead atoms. The summed E-state index contributed by atoms with van der Waals surface area (Å²) >= 11 is 6.40. The second-order valence-corrected chi connectivity index (χ2v) is 5.68. The Bertz CT molecular complexity index is 864.